The quantitative estimate of drug-likeness (QED) is 0.361. The standard InChI is InChI=1S/C19H23N3O6S/c1-13-4-7-18(14(2)10-13)28-12-19(23)21-9-8-20-16-6-5-15(29(3,26)27)11-17(16)22(24)25/h4-7,10-11,20H,8-9,12H2,1-3H3,(H,21,23). The van der Waals surface area contributed by atoms with E-state index >= 15 is 0 Å². The molecular weight excluding hydrogens is 398 g/mol. The zero-order valence-electron chi connectivity index (χ0n) is 16.4. The van der Waals surface area contributed by atoms with Gasteiger partial charge in [-0.15, -0.1) is 0 Å². The zero-order chi connectivity index (χ0) is 21.6. The number of benzene rings is 2. The third-order valence-electron chi connectivity index (χ3n) is 4.05. The molecule has 0 unspecified atom stereocenters. The summed E-state index contributed by atoms with van der Waals surface area (Å²) in [5.41, 5.74) is 1.86. The summed E-state index contributed by atoms with van der Waals surface area (Å²) in [5, 5.41) is 16.7. The third kappa shape index (κ3) is 6.46. The van der Waals surface area contributed by atoms with E-state index in [0.717, 1.165) is 23.4 Å². The van der Waals surface area contributed by atoms with Crippen LogP contribution in [0.4, 0.5) is 11.4 Å². The SMILES string of the molecule is Cc1ccc(OCC(=O)NCCNc2ccc(S(C)(=O)=O)cc2[N+](=O)[O-])c(C)c1. The molecule has 0 bridgehead atoms. The van der Waals surface area contributed by atoms with Crippen molar-refractivity contribution >= 4 is 27.1 Å². The van der Waals surface area contributed by atoms with Gasteiger partial charge in [0.15, 0.2) is 16.4 Å². The van der Waals surface area contributed by atoms with E-state index in [2.05, 4.69) is 10.6 Å². The molecule has 0 aliphatic carbocycles. The minimum atomic E-state index is -3.55. The Hall–Kier alpha value is -3.14. The molecule has 0 atom stereocenters. The first-order valence-corrected chi connectivity index (χ1v) is 10.7. The lowest BCUT2D eigenvalue weighted by Crippen LogP contribution is -2.32. The molecule has 9 nitrogen and oxygen atoms in total. The number of ether oxygens (including phenoxy) is 1. The van der Waals surface area contributed by atoms with Crippen LogP contribution in [0.5, 0.6) is 5.75 Å². The Morgan fingerprint density at radius 1 is 1.14 bits per heavy atom. The second kappa shape index (κ2) is 9.37. The third-order valence-corrected chi connectivity index (χ3v) is 5.16. The predicted octanol–water partition coefficient (Wildman–Crippen LogP) is 2.22. The van der Waals surface area contributed by atoms with Gasteiger partial charge in [0.1, 0.15) is 11.4 Å². The number of aryl methyl sites for hydroxylation is 2. The van der Waals surface area contributed by atoms with Crippen LogP contribution in [0.3, 0.4) is 0 Å². The highest BCUT2D eigenvalue weighted by Crippen LogP contribution is 2.27. The molecule has 2 aromatic rings. The highest BCUT2D eigenvalue weighted by Gasteiger charge is 2.18. The summed E-state index contributed by atoms with van der Waals surface area (Å²) in [6.45, 7) is 4.14. The Kier molecular flexibility index (Phi) is 7.16. The zero-order valence-corrected chi connectivity index (χ0v) is 17.2. The molecule has 2 N–H and O–H groups in total. The van der Waals surface area contributed by atoms with Gasteiger partial charge in [0.25, 0.3) is 11.6 Å². The minimum absolute atomic E-state index is 0.133. The highest BCUT2D eigenvalue weighted by atomic mass is 32.2. The molecule has 1 amide bonds. The lowest BCUT2D eigenvalue weighted by molar-refractivity contribution is -0.384. The van der Waals surface area contributed by atoms with Crippen molar-refractivity contribution in [2.24, 2.45) is 0 Å². The van der Waals surface area contributed by atoms with Gasteiger partial charge in [-0.3, -0.25) is 14.9 Å². The van der Waals surface area contributed by atoms with E-state index in [1.165, 1.54) is 12.1 Å². The topological polar surface area (TPSA) is 128 Å². The molecule has 0 aliphatic rings. The number of anilines is 1. The van der Waals surface area contributed by atoms with Crippen molar-refractivity contribution in [1.29, 1.82) is 0 Å². The van der Waals surface area contributed by atoms with E-state index in [1.54, 1.807) is 6.07 Å². The number of hydrogen-bond donors (Lipinski definition) is 2. The van der Waals surface area contributed by atoms with Crippen LogP contribution in [0.15, 0.2) is 41.3 Å². The second-order valence-electron chi connectivity index (χ2n) is 6.54. The molecular formula is C19H23N3O6S. The Morgan fingerprint density at radius 2 is 1.86 bits per heavy atom. The van der Waals surface area contributed by atoms with Gasteiger partial charge < -0.3 is 15.4 Å². The number of rotatable bonds is 9. The highest BCUT2D eigenvalue weighted by molar-refractivity contribution is 7.90. The van der Waals surface area contributed by atoms with Crippen LogP contribution in [-0.2, 0) is 14.6 Å². The van der Waals surface area contributed by atoms with E-state index in [0.29, 0.717) is 5.75 Å². The first kappa shape index (κ1) is 22.2. The minimum Gasteiger partial charge on any atom is -0.484 e. The fourth-order valence-corrected chi connectivity index (χ4v) is 3.24. The van der Waals surface area contributed by atoms with Crippen molar-refractivity contribution in [1.82, 2.24) is 5.32 Å². The van der Waals surface area contributed by atoms with Crippen molar-refractivity contribution < 1.29 is 22.9 Å². The number of nitro benzene ring substituents is 1. The molecule has 29 heavy (non-hydrogen) atoms. The molecule has 0 saturated carbocycles. The maximum absolute atomic E-state index is 11.9. The van der Waals surface area contributed by atoms with Crippen molar-refractivity contribution in [2.75, 3.05) is 31.3 Å². The monoisotopic (exact) mass is 421 g/mol. The van der Waals surface area contributed by atoms with Crippen LogP contribution >= 0.6 is 0 Å². The molecule has 2 aromatic carbocycles. The number of carbonyl (C=O) groups excluding carboxylic acids is 1. The number of amides is 1. The molecule has 0 saturated heterocycles. The van der Waals surface area contributed by atoms with Crippen LogP contribution in [-0.4, -0.2) is 45.2 Å². The maximum Gasteiger partial charge on any atom is 0.293 e. The molecule has 0 fully saturated rings. The number of hydrogen-bond acceptors (Lipinski definition) is 7. The summed E-state index contributed by atoms with van der Waals surface area (Å²) in [6.07, 6.45) is 0.981. The number of carbonyl (C=O) groups is 1. The molecule has 0 spiro atoms. The van der Waals surface area contributed by atoms with Crippen LogP contribution in [0.25, 0.3) is 0 Å². The molecule has 0 radical (unpaired) electrons. The smallest absolute Gasteiger partial charge is 0.293 e. The fraction of sp³-hybridized carbons (Fsp3) is 0.316. The normalized spacial score (nSPS) is 11.0. The average Bonchev–Trinajstić information content (AvgIpc) is 2.63. The number of nitro groups is 1. The maximum atomic E-state index is 11.9. The van der Waals surface area contributed by atoms with Crippen molar-refractivity contribution in [3.63, 3.8) is 0 Å². The van der Waals surface area contributed by atoms with Gasteiger partial charge in [-0.1, -0.05) is 17.7 Å². The first-order valence-electron chi connectivity index (χ1n) is 8.77. The Balaban J connectivity index is 1.85. The van der Waals surface area contributed by atoms with Crippen LogP contribution in [0, 0.1) is 24.0 Å². The van der Waals surface area contributed by atoms with Crippen molar-refractivity contribution in [3.8, 4) is 5.75 Å². The van der Waals surface area contributed by atoms with E-state index in [9.17, 15) is 23.3 Å². The first-order chi connectivity index (χ1) is 13.6. The lowest BCUT2D eigenvalue weighted by Gasteiger charge is -2.11. The molecule has 0 heterocycles. The van der Waals surface area contributed by atoms with Crippen LogP contribution in [0.2, 0.25) is 0 Å². The molecule has 0 aromatic heterocycles. The average molecular weight is 421 g/mol. The van der Waals surface area contributed by atoms with Gasteiger partial charge in [0.05, 0.1) is 9.82 Å². The summed E-state index contributed by atoms with van der Waals surface area (Å²) in [4.78, 5) is 22.3. The molecule has 0 aliphatic heterocycles. The fourth-order valence-electron chi connectivity index (χ4n) is 2.60. The number of nitrogens with one attached hydrogen (secondary N) is 2. The largest absolute Gasteiger partial charge is 0.484 e. The summed E-state index contributed by atoms with van der Waals surface area (Å²) in [5.74, 6) is 0.305. The van der Waals surface area contributed by atoms with Crippen LogP contribution in [0.1, 0.15) is 11.1 Å². The van der Waals surface area contributed by atoms with Gasteiger partial charge in [-0.05, 0) is 37.6 Å². The summed E-state index contributed by atoms with van der Waals surface area (Å²) in [7, 11) is -3.55. The number of nitrogens with zero attached hydrogens (tertiary/aromatic N) is 1. The Morgan fingerprint density at radius 3 is 2.48 bits per heavy atom. The Bertz CT molecular complexity index is 1020. The summed E-state index contributed by atoms with van der Waals surface area (Å²) >= 11 is 0. The van der Waals surface area contributed by atoms with Gasteiger partial charge in [0, 0.05) is 25.4 Å². The van der Waals surface area contributed by atoms with E-state index in [4.69, 9.17) is 4.74 Å². The van der Waals surface area contributed by atoms with E-state index < -0.39 is 14.8 Å². The van der Waals surface area contributed by atoms with Crippen molar-refractivity contribution in [2.45, 2.75) is 18.7 Å². The van der Waals surface area contributed by atoms with E-state index in [-0.39, 0.29) is 41.9 Å². The Labute approximate surface area is 169 Å². The van der Waals surface area contributed by atoms with Gasteiger partial charge in [-0.2, -0.15) is 0 Å². The van der Waals surface area contributed by atoms with Gasteiger partial charge in [-0.25, -0.2) is 8.42 Å². The van der Waals surface area contributed by atoms with Crippen LogP contribution < -0.4 is 15.4 Å². The summed E-state index contributed by atoms with van der Waals surface area (Å²) < 4.78 is 28.6. The van der Waals surface area contributed by atoms with Gasteiger partial charge in [0.2, 0.25) is 0 Å². The predicted molar refractivity (Wildman–Crippen MR) is 109 cm³/mol. The summed E-state index contributed by atoms with van der Waals surface area (Å²) in [6, 6.07) is 9.29. The molecule has 156 valence electrons. The second-order valence-corrected chi connectivity index (χ2v) is 8.56. The lowest BCUT2D eigenvalue weighted by atomic mass is 10.1. The molecule has 10 heteroatoms. The molecule has 2 rings (SSSR count). The number of sulfone groups is 1. The van der Waals surface area contributed by atoms with E-state index in [1.807, 2.05) is 26.0 Å². The van der Waals surface area contributed by atoms with Crippen molar-refractivity contribution in [3.05, 3.63) is 57.6 Å². The van der Waals surface area contributed by atoms with Gasteiger partial charge >= 0.3 is 0 Å².